The first-order valence-electron chi connectivity index (χ1n) is 6.65. The molecule has 1 aliphatic heterocycles. The van der Waals surface area contributed by atoms with Crippen LogP contribution in [-0.4, -0.2) is 33.1 Å². The van der Waals surface area contributed by atoms with Gasteiger partial charge in [0.25, 0.3) is 0 Å². The molecule has 0 aromatic carbocycles. The van der Waals surface area contributed by atoms with Crippen LogP contribution in [0.2, 0.25) is 5.15 Å². The monoisotopic (exact) mass is 281 g/mol. The Labute approximate surface area is 116 Å². The molecule has 3 unspecified atom stereocenters. The molecule has 3 rings (SSSR count). The van der Waals surface area contributed by atoms with Gasteiger partial charge in [0.2, 0.25) is 0 Å². The SMILES string of the molecule is O=C(O)C1CC2CCCCC2N1c1cncc(Cl)n1. The van der Waals surface area contributed by atoms with Crippen molar-refractivity contribution in [1.82, 2.24) is 9.97 Å². The maximum absolute atomic E-state index is 11.5. The number of carboxylic acid groups (broad SMARTS) is 1. The van der Waals surface area contributed by atoms with Crippen molar-refractivity contribution in [1.29, 1.82) is 0 Å². The Morgan fingerprint density at radius 2 is 2.16 bits per heavy atom. The Morgan fingerprint density at radius 1 is 1.37 bits per heavy atom. The number of aliphatic carboxylic acids is 1. The maximum atomic E-state index is 11.5. The van der Waals surface area contributed by atoms with Crippen LogP contribution in [0, 0.1) is 5.92 Å². The summed E-state index contributed by atoms with van der Waals surface area (Å²) in [5.74, 6) is 0.265. The summed E-state index contributed by atoms with van der Waals surface area (Å²) < 4.78 is 0. The Bertz CT molecular complexity index is 497. The van der Waals surface area contributed by atoms with Gasteiger partial charge in [0.15, 0.2) is 0 Å². The molecule has 0 spiro atoms. The van der Waals surface area contributed by atoms with Gasteiger partial charge < -0.3 is 10.0 Å². The number of fused-ring (bicyclic) bond motifs is 1. The molecule has 6 heteroatoms. The van der Waals surface area contributed by atoms with E-state index in [2.05, 4.69) is 9.97 Å². The highest BCUT2D eigenvalue weighted by atomic mass is 35.5. The van der Waals surface area contributed by atoms with Crippen molar-refractivity contribution in [3.8, 4) is 0 Å². The summed E-state index contributed by atoms with van der Waals surface area (Å²) in [6.45, 7) is 0. The predicted octanol–water partition coefficient (Wildman–Crippen LogP) is 2.35. The molecule has 1 saturated carbocycles. The molecule has 5 nitrogen and oxygen atoms in total. The van der Waals surface area contributed by atoms with Gasteiger partial charge in [-0.15, -0.1) is 0 Å². The van der Waals surface area contributed by atoms with Crippen LogP contribution in [0.3, 0.4) is 0 Å². The lowest BCUT2D eigenvalue weighted by Crippen LogP contribution is -2.43. The van der Waals surface area contributed by atoms with Crippen LogP contribution in [0.1, 0.15) is 32.1 Å². The van der Waals surface area contributed by atoms with Crippen molar-refractivity contribution in [3.05, 3.63) is 17.5 Å². The lowest BCUT2D eigenvalue weighted by Gasteiger charge is -2.33. The van der Waals surface area contributed by atoms with Gasteiger partial charge in [0.1, 0.15) is 17.0 Å². The smallest absolute Gasteiger partial charge is 0.326 e. The van der Waals surface area contributed by atoms with Gasteiger partial charge in [0.05, 0.1) is 12.4 Å². The predicted molar refractivity (Wildman–Crippen MR) is 71.3 cm³/mol. The second-order valence-electron chi connectivity index (χ2n) is 5.31. The van der Waals surface area contributed by atoms with Crippen molar-refractivity contribution in [2.45, 2.75) is 44.2 Å². The molecule has 0 bridgehead atoms. The van der Waals surface area contributed by atoms with E-state index in [0.717, 1.165) is 19.3 Å². The zero-order chi connectivity index (χ0) is 13.4. The second-order valence-corrected chi connectivity index (χ2v) is 5.70. The van der Waals surface area contributed by atoms with Gasteiger partial charge in [-0.25, -0.2) is 9.78 Å². The topological polar surface area (TPSA) is 66.3 Å². The summed E-state index contributed by atoms with van der Waals surface area (Å²) in [7, 11) is 0. The number of nitrogens with zero attached hydrogens (tertiary/aromatic N) is 3. The van der Waals surface area contributed by atoms with Crippen molar-refractivity contribution >= 4 is 23.4 Å². The summed E-state index contributed by atoms with van der Waals surface area (Å²) in [6.07, 6.45) is 8.27. The molecular formula is C13H16ClN3O2. The van der Waals surface area contributed by atoms with E-state index in [1.165, 1.54) is 12.6 Å². The molecule has 0 radical (unpaired) electrons. The lowest BCUT2D eigenvalue weighted by molar-refractivity contribution is -0.138. The Hall–Kier alpha value is -1.36. The standard InChI is InChI=1S/C13H16ClN3O2/c14-11-6-15-7-12(16-11)17-9-4-2-1-3-8(9)5-10(17)13(18)19/h6-10H,1-5H2,(H,18,19). The van der Waals surface area contributed by atoms with Gasteiger partial charge in [-0.2, -0.15) is 0 Å². The van der Waals surface area contributed by atoms with Crippen molar-refractivity contribution in [3.63, 3.8) is 0 Å². The minimum Gasteiger partial charge on any atom is -0.480 e. The van der Waals surface area contributed by atoms with Crippen LogP contribution in [0.4, 0.5) is 5.82 Å². The molecule has 1 aromatic rings. The highest BCUT2D eigenvalue weighted by molar-refractivity contribution is 6.29. The average molecular weight is 282 g/mol. The lowest BCUT2D eigenvalue weighted by atomic mass is 9.85. The summed E-state index contributed by atoms with van der Waals surface area (Å²) in [5.41, 5.74) is 0. The largest absolute Gasteiger partial charge is 0.480 e. The fraction of sp³-hybridized carbons (Fsp3) is 0.615. The molecule has 3 atom stereocenters. The number of carbonyl (C=O) groups is 1. The minimum atomic E-state index is -0.781. The van der Waals surface area contributed by atoms with Crippen LogP contribution in [0.15, 0.2) is 12.4 Å². The van der Waals surface area contributed by atoms with Crippen molar-refractivity contribution in [2.75, 3.05) is 4.90 Å². The van der Waals surface area contributed by atoms with Crippen LogP contribution in [-0.2, 0) is 4.79 Å². The molecule has 2 fully saturated rings. The molecular weight excluding hydrogens is 266 g/mol. The minimum absolute atomic E-state index is 0.266. The van der Waals surface area contributed by atoms with Crippen molar-refractivity contribution in [2.24, 2.45) is 5.92 Å². The molecule has 1 saturated heterocycles. The third-order valence-corrected chi connectivity index (χ3v) is 4.41. The Kier molecular flexibility index (Phi) is 3.31. The van der Waals surface area contributed by atoms with Gasteiger partial charge >= 0.3 is 5.97 Å². The second kappa shape index (κ2) is 4.96. The zero-order valence-corrected chi connectivity index (χ0v) is 11.3. The van der Waals surface area contributed by atoms with E-state index in [1.807, 2.05) is 4.90 Å². The number of halogens is 1. The third-order valence-electron chi connectivity index (χ3n) is 4.23. The summed E-state index contributed by atoms with van der Waals surface area (Å²) in [5, 5.41) is 9.74. The average Bonchev–Trinajstić information content (AvgIpc) is 2.78. The first kappa shape index (κ1) is 12.7. The molecule has 1 aromatic heterocycles. The van der Waals surface area contributed by atoms with Crippen LogP contribution in [0.5, 0.6) is 0 Å². The van der Waals surface area contributed by atoms with E-state index in [0.29, 0.717) is 23.3 Å². The fourth-order valence-electron chi connectivity index (χ4n) is 3.47. The quantitative estimate of drug-likeness (QED) is 0.901. The molecule has 2 heterocycles. The Balaban J connectivity index is 1.96. The van der Waals surface area contributed by atoms with E-state index >= 15 is 0 Å². The third kappa shape index (κ3) is 2.27. The normalized spacial score (nSPS) is 30.2. The molecule has 0 amide bonds. The first-order valence-corrected chi connectivity index (χ1v) is 7.03. The van der Waals surface area contributed by atoms with Crippen LogP contribution >= 0.6 is 11.6 Å². The molecule has 2 aliphatic rings. The van der Waals surface area contributed by atoms with Crippen molar-refractivity contribution < 1.29 is 9.90 Å². The summed E-state index contributed by atoms with van der Waals surface area (Å²) in [6, 6.07) is -0.233. The highest BCUT2D eigenvalue weighted by Gasteiger charge is 2.45. The number of hydrogen-bond acceptors (Lipinski definition) is 4. The van der Waals surface area contributed by atoms with E-state index in [1.54, 1.807) is 6.20 Å². The van der Waals surface area contributed by atoms with E-state index in [4.69, 9.17) is 11.6 Å². The molecule has 1 N–H and O–H groups in total. The molecule has 102 valence electrons. The van der Waals surface area contributed by atoms with Gasteiger partial charge in [-0.1, -0.05) is 24.4 Å². The van der Waals surface area contributed by atoms with Crippen LogP contribution < -0.4 is 4.90 Å². The Morgan fingerprint density at radius 3 is 2.89 bits per heavy atom. The molecule has 1 aliphatic carbocycles. The van der Waals surface area contributed by atoms with Gasteiger partial charge in [-0.3, -0.25) is 4.98 Å². The zero-order valence-electron chi connectivity index (χ0n) is 10.5. The molecule has 19 heavy (non-hydrogen) atoms. The first-order chi connectivity index (χ1) is 9.16. The highest BCUT2D eigenvalue weighted by Crippen LogP contribution is 2.41. The summed E-state index contributed by atoms with van der Waals surface area (Å²) >= 11 is 5.88. The summed E-state index contributed by atoms with van der Waals surface area (Å²) in [4.78, 5) is 21.7. The van der Waals surface area contributed by atoms with E-state index in [-0.39, 0.29) is 6.04 Å². The number of carboxylic acids is 1. The van der Waals surface area contributed by atoms with Gasteiger partial charge in [0, 0.05) is 6.04 Å². The number of hydrogen-bond donors (Lipinski definition) is 1. The number of rotatable bonds is 2. The number of anilines is 1. The van der Waals surface area contributed by atoms with Crippen LogP contribution in [0.25, 0.3) is 0 Å². The maximum Gasteiger partial charge on any atom is 0.326 e. The van der Waals surface area contributed by atoms with Gasteiger partial charge in [-0.05, 0) is 25.2 Å². The number of aromatic nitrogens is 2. The fourth-order valence-corrected chi connectivity index (χ4v) is 3.61. The van der Waals surface area contributed by atoms with E-state index in [9.17, 15) is 9.90 Å². The van der Waals surface area contributed by atoms with E-state index < -0.39 is 12.0 Å².